The van der Waals surface area contributed by atoms with Crippen molar-refractivity contribution in [2.45, 2.75) is 43.8 Å². The molecule has 2 aliphatic carbocycles. The predicted molar refractivity (Wildman–Crippen MR) is 71.2 cm³/mol. The average Bonchev–Trinajstić information content (AvgIpc) is 3.24. The summed E-state index contributed by atoms with van der Waals surface area (Å²) in [6, 6.07) is 8.07. The third-order valence-corrected chi connectivity index (χ3v) is 3.98. The lowest BCUT2D eigenvalue weighted by atomic mass is 10.1. The number of rotatable bonds is 4. The Morgan fingerprint density at radius 1 is 1.33 bits per heavy atom. The molecule has 0 aliphatic heterocycles. The van der Waals surface area contributed by atoms with Gasteiger partial charge in [0.15, 0.2) is 0 Å². The summed E-state index contributed by atoms with van der Waals surface area (Å²) in [6.07, 6.45) is 3.87. The zero-order valence-corrected chi connectivity index (χ0v) is 11.0. The van der Waals surface area contributed by atoms with Crippen molar-refractivity contribution in [3.8, 4) is 0 Å². The maximum atomic E-state index is 12.4. The van der Waals surface area contributed by atoms with Crippen molar-refractivity contribution in [3.05, 3.63) is 34.9 Å². The number of benzene rings is 1. The summed E-state index contributed by atoms with van der Waals surface area (Å²) in [6.45, 7) is 0.652. The summed E-state index contributed by atoms with van der Waals surface area (Å²) < 4.78 is 0. The minimum Gasteiger partial charge on any atom is -0.334 e. The van der Waals surface area contributed by atoms with Crippen LogP contribution < -0.4 is 5.73 Å². The van der Waals surface area contributed by atoms with E-state index in [1.807, 2.05) is 29.2 Å². The molecular formula is C14H17ClN2O. The van der Waals surface area contributed by atoms with Gasteiger partial charge >= 0.3 is 0 Å². The topological polar surface area (TPSA) is 46.3 Å². The van der Waals surface area contributed by atoms with Gasteiger partial charge in [0.1, 0.15) is 0 Å². The highest BCUT2D eigenvalue weighted by Gasteiger charge is 2.50. The molecule has 0 heterocycles. The number of carbonyl (C=O) groups is 1. The maximum absolute atomic E-state index is 12.4. The third kappa shape index (κ3) is 2.38. The summed E-state index contributed by atoms with van der Waals surface area (Å²) in [4.78, 5) is 14.3. The summed E-state index contributed by atoms with van der Waals surface area (Å²) in [5.74, 6) is 0.125. The molecule has 0 aromatic heterocycles. The SMILES string of the molecule is NC1(C(=O)N(Cc2ccc(Cl)cc2)C2CC2)CC1. The Bertz CT molecular complexity index is 463. The van der Waals surface area contributed by atoms with E-state index < -0.39 is 5.54 Å². The molecule has 1 aromatic rings. The van der Waals surface area contributed by atoms with E-state index in [9.17, 15) is 4.79 Å². The fourth-order valence-corrected chi connectivity index (χ4v) is 2.30. The second-order valence-corrected chi connectivity index (χ2v) is 5.88. The second kappa shape index (κ2) is 4.25. The minimum atomic E-state index is -0.561. The fourth-order valence-electron chi connectivity index (χ4n) is 2.17. The molecule has 0 saturated heterocycles. The predicted octanol–water partition coefficient (Wildman–Crippen LogP) is 2.32. The number of nitrogens with zero attached hydrogens (tertiary/aromatic N) is 1. The van der Waals surface area contributed by atoms with Gasteiger partial charge in [-0.3, -0.25) is 4.79 Å². The van der Waals surface area contributed by atoms with Crippen LogP contribution in [-0.2, 0) is 11.3 Å². The number of carbonyl (C=O) groups excluding carboxylic acids is 1. The molecule has 0 atom stereocenters. The van der Waals surface area contributed by atoms with E-state index in [1.165, 1.54) is 0 Å². The standard InChI is InChI=1S/C14H17ClN2O/c15-11-3-1-10(2-4-11)9-17(12-5-6-12)13(18)14(16)7-8-14/h1-4,12H,5-9,16H2. The van der Waals surface area contributed by atoms with Crippen molar-refractivity contribution in [1.29, 1.82) is 0 Å². The smallest absolute Gasteiger partial charge is 0.243 e. The summed E-state index contributed by atoms with van der Waals surface area (Å²) in [7, 11) is 0. The van der Waals surface area contributed by atoms with Crippen molar-refractivity contribution in [2.24, 2.45) is 5.73 Å². The van der Waals surface area contributed by atoms with Gasteiger partial charge < -0.3 is 10.6 Å². The molecule has 96 valence electrons. The number of hydrogen-bond acceptors (Lipinski definition) is 2. The monoisotopic (exact) mass is 264 g/mol. The number of amides is 1. The van der Waals surface area contributed by atoms with E-state index in [1.54, 1.807) is 0 Å². The van der Waals surface area contributed by atoms with Gasteiger partial charge in [-0.05, 0) is 43.4 Å². The average molecular weight is 265 g/mol. The number of hydrogen-bond donors (Lipinski definition) is 1. The Balaban J connectivity index is 1.74. The first-order valence-corrected chi connectivity index (χ1v) is 6.81. The number of nitrogens with two attached hydrogens (primary N) is 1. The Morgan fingerprint density at radius 2 is 1.94 bits per heavy atom. The van der Waals surface area contributed by atoms with E-state index in [4.69, 9.17) is 17.3 Å². The Morgan fingerprint density at radius 3 is 2.44 bits per heavy atom. The maximum Gasteiger partial charge on any atom is 0.243 e. The Kier molecular flexibility index (Phi) is 2.83. The molecule has 0 radical (unpaired) electrons. The molecule has 18 heavy (non-hydrogen) atoms. The van der Waals surface area contributed by atoms with Gasteiger partial charge in [-0.25, -0.2) is 0 Å². The van der Waals surface area contributed by atoms with Gasteiger partial charge in [0, 0.05) is 17.6 Å². The molecule has 1 aromatic carbocycles. The van der Waals surface area contributed by atoms with Crippen LogP contribution in [0.2, 0.25) is 5.02 Å². The minimum absolute atomic E-state index is 0.125. The van der Waals surface area contributed by atoms with Gasteiger partial charge in [-0.2, -0.15) is 0 Å². The summed E-state index contributed by atoms with van der Waals surface area (Å²) in [5, 5.41) is 0.723. The van der Waals surface area contributed by atoms with Crippen LogP contribution in [0.4, 0.5) is 0 Å². The summed E-state index contributed by atoms with van der Waals surface area (Å²) in [5.41, 5.74) is 6.58. The second-order valence-electron chi connectivity index (χ2n) is 5.45. The van der Waals surface area contributed by atoms with Crippen molar-refractivity contribution in [2.75, 3.05) is 0 Å². The van der Waals surface area contributed by atoms with E-state index >= 15 is 0 Å². The lowest BCUT2D eigenvalue weighted by molar-refractivity contribution is -0.134. The first-order valence-electron chi connectivity index (χ1n) is 6.43. The molecule has 3 rings (SSSR count). The summed E-state index contributed by atoms with van der Waals surface area (Å²) >= 11 is 5.87. The van der Waals surface area contributed by atoms with Gasteiger partial charge in [0.2, 0.25) is 5.91 Å². The molecule has 2 fully saturated rings. The molecule has 3 nitrogen and oxygen atoms in total. The molecule has 0 unspecified atom stereocenters. The van der Waals surface area contributed by atoms with Gasteiger partial charge in [-0.1, -0.05) is 23.7 Å². The highest BCUT2D eigenvalue weighted by Crippen LogP contribution is 2.38. The van der Waals surface area contributed by atoms with E-state index in [2.05, 4.69) is 0 Å². The van der Waals surface area contributed by atoms with E-state index in [0.717, 1.165) is 36.3 Å². The highest BCUT2D eigenvalue weighted by atomic mass is 35.5. The van der Waals surface area contributed by atoms with Crippen molar-refractivity contribution in [3.63, 3.8) is 0 Å². The van der Waals surface area contributed by atoms with Crippen molar-refractivity contribution in [1.82, 2.24) is 4.90 Å². The fraction of sp³-hybridized carbons (Fsp3) is 0.500. The first-order chi connectivity index (χ1) is 8.58. The zero-order valence-electron chi connectivity index (χ0n) is 10.2. The molecule has 2 aliphatic rings. The van der Waals surface area contributed by atoms with Crippen molar-refractivity contribution >= 4 is 17.5 Å². The molecule has 0 bridgehead atoms. The van der Waals surface area contributed by atoms with E-state index in [-0.39, 0.29) is 5.91 Å². The lowest BCUT2D eigenvalue weighted by Crippen LogP contribution is -2.46. The first kappa shape index (κ1) is 12.0. The Labute approximate surface area is 112 Å². The highest BCUT2D eigenvalue weighted by molar-refractivity contribution is 6.30. The molecule has 2 saturated carbocycles. The third-order valence-electron chi connectivity index (χ3n) is 3.73. The quantitative estimate of drug-likeness (QED) is 0.907. The van der Waals surface area contributed by atoms with Crippen LogP contribution in [0.25, 0.3) is 0 Å². The molecule has 1 amide bonds. The van der Waals surface area contributed by atoms with Crippen LogP contribution >= 0.6 is 11.6 Å². The van der Waals surface area contributed by atoms with Crippen molar-refractivity contribution < 1.29 is 4.79 Å². The molecule has 2 N–H and O–H groups in total. The van der Waals surface area contributed by atoms with E-state index in [0.29, 0.717) is 12.6 Å². The van der Waals surface area contributed by atoms with Crippen LogP contribution in [-0.4, -0.2) is 22.4 Å². The molecule has 0 spiro atoms. The van der Waals surface area contributed by atoms with Gasteiger partial charge in [-0.15, -0.1) is 0 Å². The van der Waals surface area contributed by atoms with Crippen LogP contribution in [0, 0.1) is 0 Å². The van der Waals surface area contributed by atoms with Crippen LogP contribution in [0.15, 0.2) is 24.3 Å². The lowest BCUT2D eigenvalue weighted by Gasteiger charge is -2.25. The molecule has 4 heteroatoms. The Hall–Kier alpha value is -1.06. The van der Waals surface area contributed by atoms with Crippen LogP contribution in [0.3, 0.4) is 0 Å². The van der Waals surface area contributed by atoms with Crippen LogP contribution in [0.5, 0.6) is 0 Å². The van der Waals surface area contributed by atoms with Crippen LogP contribution in [0.1, 0.15) is 31.2 Å². The normalized spacial score (nSPS) is 20.6. The number of halogens is 1. The van der Waals surface area contributed by atoms with Gasteiger partial charge in [0.25, 0.3) is 0 Å². The zero-order chi connectivity index (χ0) is 12.8. The van der Waals surface area contributed by atoms with Gasteiger partial charge in [0.05, 0.1) is 5.54 Å². The molecular weight excluding hydrogens is 248 g/mol. The largest absolute Gasteiger partial charge is 0.334 e.